The van der Waals surface area contributed by atoms with Crippen LogP contribution in [0, 0.1) is 0 Å². The normalized spacial score (nSPS) is 11.0. The van der Waals surface area contributed by atoms with Crippen molar-refractivity contribution in [2.24, 2.45) is 0 Å². The highest BCUT2D eigenvalue weighted by Gasteiger charge is 2.21. The van der Waals surface area contributed by atoms with E-state index >= 15 is 0 Å². The molecule has 0 bridgehead atoms. The van der Waals surface area contributed by atoms with Gasteiger partial charge in [-0.05, 0) is 48.2 Å². The van der Waals surface area contributed by atoms with Gasteiger partial charge in [0.1, 0.15) is 24.7 Å². The smallest absolute Gasteiger partial charge is 0.427 e. The molecule has 2 aromatic carbocycles. The van der Waals surface area contributed by atoms with E-state index in [1.165, 1.54) is 89.9 Å². The second-order valence-electron chi connectivity index (χ2n) is 12.2. The van der Waals surface area contributed by atoms with E-state index in [9.17, 15) is 14.2 Å². The van der Waals surface area contributed by atoms with Gasteiger partial charge >= 0.3 is 20.2 Å². The van der Waals surface area contributed by atoms with Crippen LogP contribution in [-0.4, -0.2) is 11.9 Å². The summed E-state index contributed by atoms with van der Waals surface area (Å²) in [4.78, 5) is 24.3. The summed E-state index contributed by atoms with van der Waals surface area (Å²) >= 11 is 0. The van der Waals surface area contributed by atoms with Crippen molar-refractivity contribution >= 4 is 20.2 Å². The number of carbonyl (C=O) groups is 2. The highest BCUT2D eigenvalue weighted by atomic mass is 31.1. The molecule has 46 heavy (non-hydrogen) atoms. The summed E-state index contributed by atoms with van der Waals surface area (Å²) in [5.41, 5.74) is 1.58. The van der Waals surface area contributed by atoms with Gasteiger partial charge in [-0.25, -0.2) is 0 Å². The lowest BCUT2D eigenvalue weighted by atomic mass is 10.1. The van der Waals surface area contributed by atoms with Crippen molar-refractivity contribution in [3.05, 3.63) is 59.7 Å². The van der Waals surface area contributed by atoms with Crippen molar-refractivity contribution in [2.75, 3.05) is 0 Å². The van der Waals surface area contributed by atoms with Gasteiger partial charge in [-0.2, -0.15) is 0 Å². The lowest BCUT2D eigenvalue weighted by Crippen LogP contribution is -2.07. The van der Waals surface area contributed by atoms with Crippen LogP contribution in [0.4, 0.5) is 0 Å². The number of ether oxygens (including phenoxy) is 2. The molecule has 0 aliphatic heterocycles. The fraction of sp³-hybridized carbons (Fsp3) is 0.632. The number of carbonyl (C=O) groups excluding carboxylic acids is 2. The molecule has 0 fully saturated rings. The molecule has 7 nitrogen and oxygen atoms in total. The highest BCUT2D eigenvalue weighted by Crippen LogP contribution is 2.28. The van der Waals surface area contributed by atoms with Gasteiger partial charge in [0, 0.05) is 17.4 Å². The number of unbranched alkanes of at least 4 members (excludes halogenated alkanes) is 16. The first kappa shape index (κ1) is 39.6. The van der Waals surface area contributed by atoms with Crippen molar-refractivity contribution in [1.82, 2.24) is 0 Å². The fourth-order valence-electron chi connectivity index (χ4n) is 5.12. The molecule has 0 N–H and O–H groups in total. The molecule has 0 saturated heterocycles. The van der Waals surface area contributed by atoms with Crippen molar-refractivity contribution in [2.45, 2.75) is 155 Å². The fourth-order valence-corrected chi connectivity index (χ4v) is 5.71. The van der Waals surface area contributed by atoms with E-state index in [0.29, 0.717) is 24.3 Å². The third-order valence-electron chi connectivity index (χ3n) is 7.95. The maximum absolute atomic E-state index is 12.2. The topological polar surface area (TPSA) is 88.1 Å². The van der Waals surface area contributed by atoms with Crippen LogP contribution in [0.1, 0.15) is 153 Å². The Hall–Kier alpha value is -2.60. The summed E-state index contributed by atoms with van der Waals surface area (Å²) in [5.74, 6) is 0.540. The second kappa shape index (κ2) is 26.5. The van der Waals surface area contributed by atoms with E-state index in [-0.39, 0.29) is 25.2 Å². The van der Waals surface area contributed by atoms with Crippen LogP contribution < -0.4 is 9.47 Å². The Morgan fingerprint density at radius 3 is 1.11 bits per heavy atom. The summed E-state index contributed by atoms with van der Waals surface area (Å²) in [6.45, 7) is 4.67. The van der Waals surface area contributed by atoms with E-state index in [1.807, 2.05) is 0 Å². The Morgan fingerprint density at radius 2 is 0.783 bits per heavy atom. The molecule has 0 saturated carbocycles. The van der Waals surface area contributed by atoms with Gasteiger partial charge in [0.25, 0.3) is 0 Å². The predicted octanol–water partition coefficient (Wildman–Crippen LogP) is 11.7. The van der Waals surface area contributed by atoms with Crippen molar-refractivity contribution in [3.8, 4) is 11.5 Å². The van der Waals surface area contributed by atoms with Crippen LogP contribution in [0.15, 0.2) is 48.5 Å². The van der Waals surface area contributed by atoms with Gasteiger partial charge in [-0.3, -0.25) is 9.59 Å². The molecule has 2 rings (SSSR count). The van der Waals surface area contributed by atoms with Crippen molar-refractivity contribution < 1.29 is 32.7 Å². The Kier molecular flexibility index (Phi) is 22.8. The molecular formula is C38H58O7P+. The Labute approximate surface area is 279 Å². The predicted molar refractivity (Wildman–Crippen MR) is 185 cm³/mol. The quantitative estimate of drug-likeness (QED) is 0.0389. The number of rotatable bonds is 28. The number of esters is 2. The third-order valence-corrected chi connectivity index (χ3v) is 8.63. The maximum atomic E-state index is 12.2. The summed E-state index contributed by atoms with van der Waals surface area (Å²) in [6, 6.07) is 14.0. The summed E-state index contributed by atoms with van der Waals surface area (Å²) in [6.07, 6.45) is 22.5. The standard InChI is InChI=1S/C38H58O7P/c1-3-5-7-9-11-13-15-17-19-21-37(39)44-35-27-23-33(24-28-35)31-42-46(41)43-32-34-25-29-36(30-26-34)45-38(40)22-20-18-16-14-12-10-8-6-4-2/h23-30H,3-22,31-32H2,1-2H3/q+1. The molecule has 0 radical (unpaired) electrons. The monoisotopic (exact) mass is 657 g/mol. The van der Waals surface area contributed by atoms with Crippen LogP contribution in [0.5, 0.6) is 11.5 Å². The largest absolute Gasteiger partial charge is 0.698 e. The minimum atomic E-state index is -2.32. The maximum Gasteiger partial charge on any atom is 0.698 e. The zero-order valence-corrected chi connectivity index (χ0v) is 29.4. The van der Waals surface area contributed by atoms with E-state index in [2.05, 4.69) is 13.8 Å². The van der Waals surface area contributed by atoms with E-state index in [0.717, 1.165) is 36.8 Å². The van der Waals surface area contributed by atoms with Crippen LogP contribution in [-0.2, 0) is 36.4 Å². The van der Waals surface area contributed by atoms with Gasteiger partial charge in [0.05, 0.1) is 0 Å². The molecule has 0 atom stereocenters. The van der Waals surface area contributed by atoms with Gasteiger partial charge < -0.3 is 9.47 Å². The first-order valence-electron chi connectivity index (χ1n) is 17.8. The second-order valence-corrected chi connectivity index (χ2v) is 13.1. The highest BCUT2D eigenvalue weighted by molar-refractivity contribution is 7.33. The minimum Gasteiger partial charge on any atom is -0.427 e. The molecule has 8 heteroatoms. The van der Waals surface area contributed by atoms with Gasteiger partial charge in [-0.15, -0.1) is 9.05 Å². The molecular weight excluding hydrogens is 599 g/mol. The minimum absolute atomic E-state index is 0.107. The SMILES string of the molecule is CCCCCCCCCCCC(=O)Oc1ccc(CO[P+](=O)OCc2ccc(OC(=O)CCCCCCCCCCC)cc2)cc1. The average Bonchev–Trinajstić information content (AvgIpc) is 3.06. The number of hydrogen-bond acceptors (Lipinski definition) is 7. The molecule has 0 spiro atoms. The van der Waals surface area contributed by atoms with E-state index in [4.69, 9.17) is 18.5 Å². The van der Waals surface area contributed by atoms with Crippen LogP contribution in [0.3, 0.4) is 0 Å². The van der Waals surface area contributed by atoms with Gasteiger partial charge in [0.15, 0.2) is 0 Å². The summed E-state index contributed by atoms with van der Waals surface area (Å²) in [7, 11) is -2.32. The number of benzene rings is 2. The molecule has 0 aliphatic carbocycles. The average molecular weight is 658 g/mol. The molecule has 2 aromatic rings. The first-order valence-corrected chi connectivity index (χ1v) is 18.9. The van der Waals surface area contributed by atoms with Crippen molar-refractivity contribution in [1.29, 1.82) is 0 Å². The first-order chi connectivity index (χ1) is 22.5. The zero-order valence-electron chi connectivity index (χ0n) is 28.5. The van der Waals surface area contributed by atoms with Crippen LogP contribution in [0.2, 0.25) is 0 Å². The molecule has 0 aliphatic rings. The van der Waals surface area contributed by atoms with E-state index < -0.39 is 8.25 Å². The molecule has 0 amide bonds. The molecule has 0 aromatic heterocycles. The van der Waals surface area contributed by atoms with Crippen LogP contribution in [0.25, 0.3) is 0 Å². The lowest BCUT2D eigenvalue weighted by Gasteiger charge is -2.05. The molecule has 0 heterocycles. The third kappa shape index (κ3) is 20.5. The van der Waals surface area contributed by atoms with Gasteiger partial charge in [0.2, 0.25) is 0 Å². The molecule has 256 valence electrons. The number of hydrogen-bond donors (Lipinski definition) is 0. The Morgan fingerprint density at radius 1 is 0.478 bits per heavy atom. The summed E-state index contributed by atoms with van der Waals surface area (Å²) < 4.78 is 33.8. The van der Waals surface area contributed by atoms with E-state index in [1.54, 1.807) is 48.5 Å². The van der Waals surface area contributed by atoms with Crippen LogP contribution >= 0.6 is 8.25 Å². The zero-order chi connectivity index (χ0) is 33.1. The van der Waals surface area contributed by atoms with Gasteiger partial charge in [-0.1, -0.05) is 141 Å². The summed E-state index contributed by atoms with van der Waals surface area (Å²) in [5, 5.41) is 0. The lowest BCUT2D eigenvalue weighted by molar-refractivity contribution is -0.135. The Bertz CT molecular complexity index is 1000. The molecule has 0 unspecified atom stereocenters. The Balaban J connectivity index is 1.53. The van der Waals surface area contributed by atoms with Crippen molar-refractivity contribution in [3.63, 3.8) is 0 Å².